The van der Waals surface area contributed by atoms with Gasteiger partial charge in [0, 0.05) is 11.4 Å². The SMILES string of the molecule is O=C(Nc1ccc(N2CCOC2=O)cc1)C(c1ccccc1)c1ccccc1. The standard InChI is InChI=1S/C23H20N2O3/c26-22(21(17-7-3-1-4-8-17)18-9-5-2-6-10-18)24-19-11-13-20(14-12-19)25-15-16-28-23(25)27/h1-14,21H,15-16H2,(H,24,26). The van der Waals surface area contributed by atoms with Crippen LogP contribution in [0.4, 0.5) is 16.2 Å². The fraction of sp³-hybridized carbons (Fsp3) is 0.130. The number of benzene rings is 3. The number of rotatable bonds is 5. The zero-order chi connectivity index (χ0) is 19.3. The van der Waals surface area contributed by atoms with Crippen molar-refractivity contribution >= 4 is 23.4 Å². The van der Waals surface area contributed by atoms with Crippen LogP contribution in [-0.2, 0) is 9.53 Å². The summed E-state index contributed by atoms with van der Waals surface area (Å²) < 4.78 is 4.96. The van der Waals surface area contributed by atoms with Crippen LogP contribution < -0.4 is 10.2 Å². The lowest BCUT2D eigenvalue weighted by Crippen LogP contribution is -2.24. The van der Waals surface area contributed by atoms with E-state index in [1.54, 1.807) is 17.0 Å². The van der Waals surface area contributed by atoms with E-state index in [0.29, 0.717) is 18.8 Å². The van der Waals surface area contributed by atoms with Gasteiger partial charge in [-0.15, -0.1) is 0 Å². The van der Waals surface area contributed by atoms with Crippen LogP contribution in [0.25, 0.3) is 0 Å². The van der Waals surface area contributed by atoms with Gasteiger partial charge in [-0.1, -0.05) is 60.7 Å². The summed E-state index contributed by atoms with van der Waals surface area (Å²) in [5.74, 6) is -0.513. The molecule has 1 N–H and O–H groups in total. The van der Waals surface area contributed by atoms with E-state index < -0.39 is 5.92 Å². The first-order valence-corrected chi connectivity index (χ1v) is 9.17. The molecule has 1 fully saturated rings. The largest absolute Gasteiger partial charge is 0.447 e. The molecule has 1 saturated heterocycles. The first-order chi connectivity index (χ1) is 13.7. The molecule has 0 saturated carbocycles. The van der Waals surface area contributed by atoms with E-state index in [4.69, 9.17) is 4.74 Å². The van der Waals surface area contributed by atoms with Crippen LogP contribution in [0.5, 0.6) is 0 Å². The van der Waals surface area contributed by atoms with Gasteiger partial charge in [-0.25, -0.2) is 4.79 Å². The van der Waals surface area contributed by atoms with Gasteiger partial charge in [0.1, 0.15) is 6.61 Å². The van der Waals surface area contributed by atoms with E-state index >= 15 is 0 Å². The zero-order valence-electron chi connectivity index (χ0n) is 15.2. The van der Waals surface area contributed by atoms with Crippen molar-refractivity contribution in [1.82, 2.24) is 0 Å². The lowest BCUT2D eigenvalue weighted by molar-refractivity contribution is -0.116. The third-order valence-electron chi connectivity index (χ3n) is 4.74. The number of amides is 2. The fourth-order valence-corrected chi connectivity index (χ4v) is 3.35. The van der Waals surface area contributed by atoms with Crippen LogP contribution >= 0.6 is 0 Å². The molecule has 5 nitrogen and oxygen atoms in total. The van der Waals surface area contributed by atoms with Crippen LogP contribution in [0.2, 0.25) is 0 Å². The van der Waals surface area contributed by atoms with E-state index in [2.05, 4.69) is 5.32 Å². The topological polar surface area (TPSA) is 58.6 Å². The predicted octanol–water partition coefficient (Wildman–Crippen LogP) is 4.41. The number of hydrogen-bond donors (Lipinski definition) is 1. The van der Waals surface area contributed by atoms with Gasteiger partial charge in [-0.3, -0.25) is 9.69 Å². The Morgan fingerprint density at radius 1 is 0.857 bits per heavy atom. The number of nitrogens with zero attached hydrogens (tertiary/aromatic N) is 1. The molecule has 0 aromatic heterocycles. The molecule has 0 bridgehead atoms. The maximum Gasteiger partial charge on any atom is 0.414 e. The summed E-state index contributed by atoms with van der Waals surface area (Å²) in [7, 11) is 0. The molecule has 1 aliphatic heterocycles. The molecule has 1 heterocycles. The quantitative estimate of drug-likeness (QED) is 0.721. The van der Waals surface area contributed by atoms with Gasteiger partial charge in [0.25, 0.3) is 0 Å². The molecule has 3 aromatic carbocycles. The van der Waals surface area contributed by atoms with Crippen LogP contribution in [0.3, 0.4) is 0 Å². The summed E-state index contributed by atoms with van der Waals surface area (Å²) in [4.78, 5) is 26.4. The summed E-state index contributed by atoms with van der Waals surface area (Å²) in [5, 5.41) is 2.99. The van der Waals surface area contributed by atoms with E-state index in [-0.39, 0.29) is 12.0 Å². The molecule has 28 heavy (non-hydrogen) atoms. The Kier molecular flexibility index (Phi) is 5.06. The minimum Gasteiger partial charge on any atom is -0.447 e. The first-order valence-electron chi connectivity index (χ1n) is 9.17. The Hall–Kier alpha value is -3.60. The van der Waals surface area contributed by atoms with Gasteiger partial charge in [0.2, 0.25) is 5.91 Å². The van der Waals surface area contributed by atoms with Gasteiger partial charge < -0.3 is 10.1 Å². The number of carbonyl (C=O) groups is 2. The van der Waals surface area contributed by atoms with Crippen molar-refractivity contribution < 1.29 is 14.3 Å². The van der Waals surface area contributed by atoms with Crippen molar-refractivity contribution in [2.24, 2.45) is 0 Å². The number of cyclic esters (lactones) is 1. The minimum atomic E-state index is -0.407. The van der Waals surface area contributed by atoms with Crippen molar-refractivity contribution in [2.45, 2.75) is 5.92 Å². The molecule has 0 atom stereocenters. The predicted molar refractivity (Wildman–Crippen MR) is 108 cm³/mol. The van der Waals surface area contributed by atoms with Crippen LogP contribution in [-0.4, -0.2) is 25.2 Å². The Balaban J connectivity index is 1.55. The normalized spacial score (nSPS) is 13.5. The number of carbonyl (C=O) groups excluding carboxylic acids is 2. The van der Waals surface area contributed by atoms with E-state index in [1.165, 1.54) is 0 Å². The Bertz CT molecular complexity index is 917. The molecule has 1 aliphatic rings. The number of hydrogen-bond acceptors (Lipinski definition) is 3. The summed E-state index contributed by atoms with van der Waals surface area (Å²) in [6.07, 6.45) is -0.343. The number of anilines is 2. The monoisotopic (exact) mass is 372 g/mol. The average Bonchev–Trinajstić information content (AvgIpc) is 3.16. The molecule has 3 aromatic rings. The van der Waals surface area contributed by atoms with Crippen molar-refractivity contribution in [3.05, 3.63) is 96.1 Å². The Morgan fingerprint density at radius 3 is 1.93 bits per heavy atom. The minimum absolute atomic E-state index is 0.106. The van der Waals surface area contributed by atoms with Crippen molar-refractivity contribution in [1.29, 1.82) is 0 Å². The molecular formula is C23H20N2O3. The summed E-state index contributed by atoms with van der Waals surface area (Å²) in [6, 6.07) is 26.6. The van der Waals surface area contributed by atoms with Crippen molar-refractivity contribution in [2.75, 3.05) is 23.4 Å². The maximum atomic E-state index is 13.1. The third kappa shape index (κ3) is 3.74. The van der Waals surface area contributed by atoms with Crippen molar-refractivity contribution in [3.8, 4) is 0 Å². The van der Waals surface area contributed by atoms with Crippen molar-refractivity contribution in [3.63, 3.8) is 0 Å². The Labute approximate surface area is 163 Å². The Morgan fingerprint density at radius 2 is 1.43 bits per heavy atom. The smallest absolute Gasteiger partial charge is 0.414 e. The second-order valence-corrected chi connectivity index (χ2v) is 6.56. The van der Waals surface area contributed by atoms with Crippen LogP contribution in [0, 0.1) is 0 Å². The molecule has 0 radical (unpaired) electrons. The summed E-state index contributed by atoms with van der Waals surface area (Å²) >= 11 is 0. The first kappa shape index (κ1) is 17.8. The lowest BCUT2D eigenvalue weighted by atomic mass is 9.90. The average molecular weight is 372 g/mol. The molecule has 140 valence electrons. The zero-order valence-corrected chi connectivity index (χ0v) is 15.2. The molecule has 4 rings (SSSR count). The molecule has 2 amide bonds. The van der Waals surface area contributed by atoms with Gasteiger partial charge in [0.05, 0.1) is 12.5 Å². The van der Waals surface area contributed by atoms with Gasteiger partial charge in [-0.2, -0.15) is 0 Å². The highest BCUT2D eigenvalue weighted by Crippen LogP contribution is 2.27. The van der Waals surface area contributed by atoms with Crippen LogP contribution in [0.1, 0.15) is 17.0 Å². The van der Waals surface area contributed by atoms with Gasteiger partial charge in [-0.05, 0) is 35.4 Å². The van der Waals surface area contributed by atoms with Crippen LogP contribution in [0.15, 0.2) is 84.9 Å². The van der Waals surface area contributed by atoms with Gasteiger partial charge >= 0.3 is 6.09 Å². The molecule has 5 heteroatoms. The fourth-order valence-electron chi connectivity index (χ4n) is 3.35. The molecule has 0 unspecified atom stereocenters. The summed E-state index contributed by atoms with van der Waals surface area (Å²) in [5.41, 5.74) is 3.30. The number of nitrogens with one attached hydrogen (secondary N) is 1. The highest BCUT2D eigenvalue weighted by molar-refractivity contribution is 5.98. The van der Waals surface area contributed by atoms with Gasteiger partial charge in [0.15, 0.2) is 0 Å². The highest BCUT2D eigenvalue weighted by atomic mass is 16.6. The summed E-state index contributed by atoms with van der Waals surface area (Å²) in [6.45, 7) is 0.932. The van der Waals surface area contributed by atoms with E-state index in [9.17, 15) is 9.59 Å². The molecule has 0 aliphatic carbocycles. The molecular weight excluding hydrogens is 352 g/mol. The second kappa shape index (κ2) is 7.96. The second-order valence-electron chi connectivity index (χ2n) is 6.56. The highest BCUT2D eigenvalue weighted by Gasteiger charge is 2.24. The third-order valence-corrected chi connectivity index (χ3v) is 4.74. The van der Waals surface area contributed by atoms with E-state index in [1.807, 2.05) is 72.8 Å². The number of ether oxygens (including phenoxy) is 1. The maximum absolute atomic E-state index is 13.1. The molecule has 0 spiro atoms. The van der Waals surface area contributed by atoms with E-state index in [0.717, 1.165) is 16.8 Å². The lowest BCUT2D eigenvalue weighted by Gasteiger charge is -2.18.